The molecule has 1 heterocycles. The smallest absolute Gasteiger partial charge is 0.234 e. The first-order chi connectivity index (χ1) is 9.59. The Morgan fingerprint density at radius 2 is 1.85 bits per heavy atom. The van der Waals surface area contributed by atoms with Crippen LogP contribution in [0.2, 0.25) is 0 Å². The van der Waals surface area contributed by atoms with Crippen molar-refractivity contribution in [2.24, 2.45) is 17.6 Å². The van der Waals surface area contributed by atoms with Gasteiger partial charge in [0.05, 0.1) is 6.04 Å². The number of hydrogen-bond donors (Lipinski definition) is 3. The molecular formula is C16H31N3O. The van der Waals surface area contributed by atoms with Gasteiger partial charge in [-0.15, -0.1) is 0 Å². The molecule has 0 aromatic rings. The summed E-state index contributed by atoms with van der Waals surface area (Å²) in [4.78, 5) is 11.6. The van der Waals surface area contributed by atoms with E-state index in [4.69, 9.17) is 5.73 Å². The summed E-state index contributed by atoms with van der Waals surface area (Å²) in [6.45, 7) is 5.29. The van der Waals surface area contributed by atoms with Gasteiger partial charge in [0.25, 0.3) is 0 Å². The molecule has 4 heteroatoms. The molecule has 0 spiro atoms. The van der Waals surface area contributed by atoms with Crippen LogP contribution in [-0.2, 0) is 4.79 Å². The summed E-state index contributed by atoms with van der Waals surface area (Å²) in [6, 6.07) is 0.880. The Hall–Kier alpha value is -0.610. The van der Waals surface area contributed by atoms with Gasteiger partial charge in [-0.05, 0) is 44.1 Å². The number of nitrogens with one attached hydrogen (secondary N) is 2. The maximum Gasteiger partial charge on any atom is 0.234 e. The second kappa shape index (κ2) is 7.41. The molecule has 116 valence electrons. The Kier molecular flexibility index (Phi) is 5.85. The minimum absolute atomic E-state index is 0.191. The van der Waals surface area contributed by atoms with Gasteiger partial charge in [-0.3, -0.25) is 4.79 Å². The van der Waals surface area contributed by atoms with Crippen LogP contribution in [0.4, 0.5) is 0 Å². The fourth-order valence-electron chi connectivity index (χ4n) is 3.93. The summed E-state index contributed by atoms with van der Waals surface area (Å²) in [7, 11) is 0. The number of hydrogen-bond acceptors (Lipinski definition) is 3. The lowest BCUT2D eigenvalue weighted by Crippen LogP contribution is -2.56. The number of rotatable bonds is 5. The lowest BCUT2D eigenvalue weighted by atomic mass is 9.76. The van der Waals surface area contributed by atoms with E-state index in [1.807, 2.05) is 0 Å². The molecule has 4 atom stereocenters. The van der Waals surface area contributed by atoms with Crippen molar-refractivity contribution in [3.05, 3.63) is 0 Å². The van der Waals surface area contributed by atoms with Gasteiger partial charge < -0.3 is 16.4 Å². The maximum absolute atomic E-state index is 11.6. The minimum atomic E-state index is -0.207. The molecule has 1 aliphatic heterocycles. The standard InChI is InChI=1S/C16H31N3O/c1-11(2)15(16(17)20)19-14-9-4-3-7-12(14)13-8-5-6-10-18-13/h11-15,18-19H,3-10H2,1-2H3,(H2,17,20). The Labute approximate surface area is 123 Å². The lowest BCUT2D eigenvalue weighted by molar-refractivity contribution is -0.121. The van der Waals surface area contributed by atoms with Crippen LogP contribution in [0.3, 0.4) is 0 Å². The molecule has 2 aliphatic rings. The molecule has 4 unspecified atom stereocenters. The van der Waals surface area contributed by atoms with Crippen LogP contribution in [-0.4, -0.2) is 30.6 Å². The van der Waals surface area contributed by atoms with Gasteiger partial charge in [0.2, 0.25) is 5.91 Å². The molecule has 4 nitrogen and oxygen atoms in total. The van der Waals surface area contributed by atoms with Gasteiger partial charge in [0, 0.05) is 12.1 Å². The van der Waals surface area contributed by atoms with Crippen LogP contribution in [0.25, 0.3) is 0 Å². The first-order valence-corrected chi connectivity index (χ1v) is 8.38. The summed E-state index contributed by atoms with van der Waals surface area (Å²) >= 11 is 0. The molecule has 1 amide bonds. The van der Waals surface area contributed by atoms with E-state index in [1.165, 1.54) is 44.9 Å². The number of primary amides is 1. The Bertz CT molecular complexity index is 313. The molecule has 1 saturated heterocycles. The van der Waals surface area contributed by atoms with Crippen molar-refractivity contribution in [3.63, 3.8) is 0 Å². The molecule has 1 aliphatic carbocycles. The highest BCUT2D eigenvalue weighted by Crippen LogP contribution is 2.31. The van der Waals surface area contributed by atoms with Crippen LogP contribution >= 0.6 is 0 Å². The predicted molar refractivity (Wildman–Crippen MR) is 82.3 cm³/mol. The van der Waals surface area contributed by atoms with E-state index in [1.54, 1.807) is 0 Å². The number of amides is 1. The van der Waals surface area contributed by atoms with Crippen molar-refractivity contribution < 1.29 is 4.79 Å². The molecule has 0 aromatic heterocycles. The number of piperidine rings is 1. The van der Waals surface area contributed by atoms with Gasteiger partial charge in [-0.1, -0.05) is 33.1 Å². The Morgan fingerprint density at radius 3 is 2.45 bits per heavy atom. The monoisotopic (exact) mass is 281 g/mol. The summed E-state index contributed by atoms with van der Waals surface area (Å²) in [5, 5.41) is 7.28. The van der Waals surface area contributed by atoms with E-state index in [2.05, 4.69) is 24.5 Å². The summed E-state index contributed by atoms with van der Waals surface area (Å²) in [5.41, 5.74) is 5.56. The first-order valence-electron chi connectivity index (χ1n) is 8.38. The van der Waals surface area contributed by atoms with Crippen LogP contribution in [0.1, 0.15) is 58.8 Å². The Morgan fingerprint density at radius 1 is 1.15 bits per heavy atom. The maximum atomic E-state index is 11.6. The summed E-state index contributed by atoms with van der Waals surface area (Å²) in [5.74, 6) is 0.708. The van der Waals surface area contributed by atoms with E-state index >= 15 is 0 Å². The highest BCUT2D eigenvalue weighted by Gasteiger charge is 2.34. The topological polar surface area (TPSA) is 67.2 Å². The zero-order valence-electron chi connectivity index (χ0n) is 13.0. The Balaban J connectivity index is 2.00. The van der Waals surface area contributed by atoms with E-state index < -0.39 is 0 Å². The average molecular weight is 281 g/mol. The molecule has 0 radical (unpaired) electrons. The highest BCUT2D eigenvalue weighted by atomic mass is 16.1. The van der Waals surface area contributed by atoms with Gasteiger partial charge in [-0.25, -0.2) is 0 Å². The molecule has 2 rings (SSSR count). The van der Waals surface area contributed by atoms with Gasteiger partial charge >= 0.3 is 0 Å². The third-order valence-corrected chi connectivity index (χ3v) is 5.05. The molecule has 4 N–H and O–H groups in total. The van der Waals surface area contributed by atoms with E-state index in [0.717, 1.165) is 6.54 Å². The third kappa shape index (κ3) is 3.95. The van der Waals surface area contributed by atoms with Gasteiger partial charge in [0.1, 0.15) is 0 Å². The molecule has 0 bridgehead atoms. The third-order valence-electron chi connectivity index (χ3n) is 5.05. The minimum Gasteiger partial charge on any atom is -0.368 e. The van der Waals surface area contributed by atoms with Crippen molar-refractivity contribution in [2.45, 2.75) is 76.9 Å². The van der Waals surface area contributed by atoms with E-state index in [0.29, 0.717) is 18.0 Å². The number of carbonyl (C=O) groups excluding carboxylic acids is 1. The van der Waals surface area contributed by atoms with Crippen LogP contribution in [0.15, 0.2) is 0 Å². The summed E-state index contributed by atoms with van der Waals surface area (Å²) < 4.78 is 0. The second-order valence-electron chi connectivity index (χ2n) is 6.90. The quantitative estimate of drug-likeness (QED) is 0.719. The van der Waals surface area contributed by atoms with Crippen molar-refractivity contribution in [2.75, 3.05) is 6.54 Å². The SMILES string of the molecule is CC(C)C(NC1CCCCC1C1CCCCN1)C(N)=O. The lowest BCUT2D eigenvalue weighted by Gasteiger charge is -2.41. The molecule has 20 heavy (non-hydrogen) atoms. The van der Waals surface area contributed by atoms with Crippen molar-refractivity contribution in [1.82, 2.24) is 10.6 Å². The largest absolute Gasteiger partial charge is 0.368 e. The van der Waals surface area contributed by atoms with Gasteiger partial charge in [-0.2, -0.15) is 0 Å². The van der Waals surface area contributed by atoms with Crippen molar-refractivity contribution in [3.8, 4) is 0 Å². The van der Waals surface area contributed by atoms with Crippen LogP contribution < -0.4 is 16.4 Å². The zero-order valence-corrected chi connectivity index (χ0v) is 13.0. The van der Waals surface area contributed by atoms with E-state index in [9.17, 15) is 4.79 Å². The van der Waals surface area contributed by atoms with Crippen LogP contribution in [0, 0.1) is 11.8 Å². The number of nitrogens with two attached hydrogens (primary N) is 1. The second-order valence-corrected chi connectivity index (χ2v) is 6.90. The molecule has 0 aromatic carbocycles. The summed E-state index contributed by atoms with van der Waals surface area (Å²) in [6.07, 6.45) is 8.97. The van der Waals surface area contributed by atoms with Crippen LogP contribution in [0.5, 0.6) is 0 Å². The molecule has 2 fully saturated rings. The van der Waals surface area contributed by atoms with Crippen molar-refractivity contribution in [1.29, 1.82) is 0 Å². The average Bonchev–Trinajstić information content (AvgIpc) is 2.45. The van der Waals surface area contributed by atoms with Crippen molar-refractivity contribution >= 4 is 5.91 Å². The molecule has 1 saturated carbocycles. The predicted octanol–water partition coefficient (Wildman–Crippen LogP) is 1.79. The first kappa shape index (κ1) is 15.8. The fourth-order valence-corrected chi connectivity index (χ4v) is 3.93. The fraction of sp³-hybridized carbons (Fsp3) is 0.938. The van der Waals surface area contributed by atoms with E-state index in [-0.39, 0.29) is 17.9 Å². The van der Waals surface area contributed by atoms with Gasteiger partial charge in [0.15, 0.2) is 0 Å². The normalized spacial score (nSPS) is 33.0. The zero-order chi connectivity index (χ0) is 14.5. The molecular weight excluding hydrogens is 250 g/mol. The highest BCUT2D eigenvalue weighted by molar-refractivity contribution is 5.80. The number of carbonyl (C=O) groups is 1.